The summed E-state index contributed by atoms with van der Waals surface area (Å²) < 4.78 is 12.9. The first-order chi connectivity index (χ1) is 12.8. The number of hydrogen-bond acceptors (Lipinski definition) is 6. The van der Waals surface area contributed by atoms with Crippen LogP contribution in [0.3, 0.4) is 0 Å². The van der Waals surface area contributed by atoms with Crippen LogP contribution < -0.4 is 4.90 Å². The number of unbranched alkanes of at least 4 members (excludes halogenated alkanes) is 1. The second-order valence-electron chi connectivity index (χ2n) is 8.19. The molecule has 0 bridgehead atoms. The molecule has 2 aliphatic heterocycles. The maximum absolute atomic E-state index is 12.9. The fourth-order valence-corrected chi connectivity index (χ4v) is 3.71. The molecule has 2 saturated heterocycles. The summed E-state index contributed by atoms with van der Waals surface area (Å²) in [5, 5.41) is 0. The summed E-state index contributed by atoms with van der Waals surface area (Å²) in [6.45, 7) is 8.82. The van der Waals surface area contributed by atoms with Gasteiger partial charge in [-0.3, -0.25) is 19.4 Å². The summed E-state index contributed by atoms with van der Waals surface area (Å²) in [5.74, 6) is 0.0704. The predicted molar refractivity (Wildman–Crippen MR) is 107 cm³/mol. The summed E-state index contributed by atoms with van der Waals surface area (Å²) in [7, 11) is 0. The molecule has 28 heavy (non-hydrogen) atoms. The van der Waals surface area contributed by atoms with Crippen molar-refractivity contribution in [2.45, 2.75) is 39.5 Å². The van der Waals surface area contributed by atoms with E-state index < -0.39 is 5.82 Å². The van der Waals surface area contributed by atoms with Crippen molar-refractivity contribution in [3.63, 3.8) is 0 Å². The number of piperazine rings is 1. The van der Waals surface area contributed by atoms with E-state index >= 15 is 0 Å². The molecule has 7 nitrogen and oxygen atoms in total. The third kappa shape index (κ3) is 5.85. The molecule has 2 aliphatic rings. The van der Waals surface area contributed by atoms with Crippen molar-refractivity contribution < 1.29 is 14.0 Å². The van der Waals surface area contributed by atoms with Gasteiger partial charge in [0.1, 0.15) is 0 Å². The minimum absolute atomic E-state index is 0. The lowest BCUT2D eigenvalue weighted by molar-refractivity contribution is -0.152. The van der Waals surface area contributed by atoms with Gasteiger partial charge >= 0.3 is 0 Å². The zero-order valence-electron chi connectivity index (χ0n) is 16.6. The molecule has 2 fully saturated rings. The number of anilines is 1. The average molecular weight is 414 g/mol. The Labute approximate surface area is 171 Å². The van der Waals surface area contributed by atoms with Crippen LogP contribution in [0.15, 0.2) is 12.4 Å². The number of halogens is 2. The zero-order chi connectivity index (χ0) is 19.4. The van der Waals surface area contributed by atoms with Crippen LogP contribution in [0.25, 0.3) is 0 Å². The number of hydrogen-bond donors (Lipinski definition) is 0. The fraction of sp³-hybridized carbons (Fsp3) is 0.684. The number of carbonyl (C=O) groups is 2. The predicted octanol–water partition coefficient (Wildman–Crippen LogP) is 2.11. The molecule has 156 valence electrons. The first kappa shape index (κ1) is 22.5. The van der Waals surface area contributed by atoms with Crippen molar-refractivity contribution in [1.29, 1.82) is 0 Å². The maximum atomic E-state index is 12.9. The van der Waals surface area contributed by atoms with Crippen molar-refractivity contribution in [3.8, 4) is 0 Å². The molecule has 0 N–H and O–H groups in total. The highest BCUT2D eigenvalue weighted by atomic mass is 35.5. The largest absolute Gasteiger partial charge is 0.338 e. The molecule has 0 radical (unpaired) electrons. The summed E-state index contributed by atoms with van der Waals surface area (Å²) in [4.78, 5) is 38.2. The van der Waals surface area contributed by atoms with E-state index in [9.17, 15) is 14.0 Å². The minimum Gasteiger partial charge on any atom is -0.338 e. The van der Waals surface area contributed by atoms with Gasteiger partial charge in [-0.15, -0.1) is 12.4 Å². The molecule has 0 unspecified atom stereocenters. The molecule has 0 atom stereocenters. The number of rotatable bonds is 6. The second-order valence-corrected chi connectivity index (χ2v) is 8.19. The quantitative estimate of drug-likeness (QED) is 0.525. The van der Waals surface area contributed by atoms with Crippen molar-refractivity contribution in [1.82, 2.24) is 19.8 Å². The van der Waals surface area contributed by atoms with E-state index in [0.29, 0.717) is 25.3 Å². The standard InChI is InChI=1S/C19H28FN5O2.ClH/c1-19(2)11-16(26)25(17(27)12-19)6-4-3-5-23-7-9-24(10-8-23)18-21-13-15(20)14-22-18;/h13-14H,3-12H2,1-2H3;1H. The number of nitrogens with zero attached hydrogens (tertiary/aromatic N) is 5. The Hall–Kier alpha value is -1.80. The van der Waals surface area contributed by atoms with Gasteiger partial charge < -0.3 is 4.90 Å². The monoisotopic (exact) mass is 413 g/mol. The highest BCUT2D eigenvalue weighted by Crippen LogP contribution is 2.31. The number of imide groups is 1. The summed E-state index contributed by atoms with van der Waals surface area (Å²) >= 11 is 0. The van der Waals surface area contributed by atoms with Crippen molar-refractivity contribution in [3.05, 3.63) is 18.2 Å². The number of likely N-dealkylation sites (tertiary alicyclic amines) is 1. The van der Waals surface area contributed by atoms with E-state index in [0.717, 1.165) is 45.6 Å². The summed E-state index contributed by atoms with van der Waals surface area (Å²) in [6.07, 6.45) is 5.07. The first-order valence-electron chi connectivity index (χ1n) is 9.62. The van der Waals surface area contributed by atoms with E-state index in [1.165, 1.54) is 17.3 Å². The van der Waals surface area contributed by atoms with Gasteiger partial charge in [-0.2, -0.15) is 0 Å². The van der Waals surface area contributed by atoms with E-state index in [2.05, 4.69) is 19.8 Å². The molecular formula is C19H29ClFN5O2. The van der Waals surface area contributed by atoms with Crippen LogP contribution in [0.2, 0.25) is 0 Å². The average Bonchev–Trinajstić information content (AvgIpc) is 2.61. The second kappa shape index (κ2) is 9.60. The van der Waals surface area contributed by atoms with Crippen molar-refractivity contribution in [2.24, 2.45) is 5.41 Å². The van der Waals surface area contributed by atoms with Gasteiger partial charge in [0.2, 0.25) is 17.8 Å². The zero-order valence-corrected chi connectivity index (χ0v) is 17.4. The van der Waals surface area contributed by atoms with E-state index in [1.807, 2.05) is 13.8 Å². The molecule has 0 saturated carbocycles. The van der Waals surface area contributed by atoms with Crippen LogP contribution in [0.4, 0.5) is 10.3 Å². The van der Waals surface area contributed by atoms with Crippen molar-refractivity contribution in [2.75, 3.05) is 44.2 Å². The molecule has 3 heterocycles. The van der Waals surface area contributed by atoms with Gasteiger partial charge in [-0.1, -0.05) is 13.8 Å². The Kier molecular flexibility index (Phi) is 7.71. The highest BCUT2D eigenvalue weighted by molar-refractivity contribution is 5.98. The molecule has 9 heteroatoms. The van der Waals surface area contributed by atoms with Crippen LogP contribution in [-0.4, -0.2) is 70.9 Å². The summed E-state index contributed by atoms with van der Waals surface area (Å²) in [6, 6.07) is 0. The van der Waals surface area contributed by atoms with Gasteiger partial charge in [-0.25, -0.2) is 14.4 Å². The van der Waals surface area contributed by atoms with Crippen molar-refractivity contribution >= 4 is 30.2 Å². The van der Waals surface area contributed by atoms with Gasteiger partial charge in [0.05, 0.1) is 12.4 Å². The number of piperidine rings is 1. The van der Waals surface area contributed by atoms with Gasteiger partial charge in [0.25, 0.3) is 0 Å². The SMILES string of the molecule is CC1(C)CC(=O)N(CCCCN2CCN(c3ncc(F)cn3)CC2)C(=O)C1.Cl. The Morgan fingerprint density at radius 2 is 1.50 bits per heavy atom. The maximum Gasteiger partial charge on any atom is 0.229 e. The topological polar surface area (TPSA) is 69.6 Å². The van der Waals surface area contributed by atoms with Crippen LogP contribution >= 0.6 is 12.4 Å². The van der Waals surface area contributed by atoms with Gasteiger partial charge in [0, 0.05) is 45.6 Å². The Bertz CT molecular complexity index is 657. The fourth-order valence-electron chi connectivity index (χ4n) is 3.71. The van der Waals surface area contributed by atoms with Crippen LogP contribution in [0, 0.1) is 11.2 Å². The molecule has 1 aromatic heterocycles. The lowest BCUT2D eigenvalue weighted by Gasteiger charge is -2.35. The Morgan fingerprint density at radius 1 is 0.964 bits per heavy atom. The molecule has 3 rings (SSSR count). The normalized spacial score (nSPS) is 20.2. The number of carbonyl (C=O) groups excluding carboxylic acids is 2. The first-order valence-corrected chi connectivity index (χ1v) is 9.62. The Balaban J connectivity index is 0.00000280. The molecule has 0 aliphatic carbocycles. The Morgan fingerprint density at radius 3 is 2.07 bits per heavy atom. The third-order valence-electron chi connectivity index (χ3n) is 5.23. The van der Waals surface area contributed by atoms with E-state index in [4.69, 9.17) is 0 Å². The molecule has 0 spiro atoms. The van der Waals surface area contributed by atoms with Crippen LogP contribution in [0.5, 0.6) is 0 Å². The third-order valence-corrected chi connectivity index (χ3v) is 5.23. The van der Waals surface area contributed by atoms with Gasteiger partial charge in [-0.05, 0) is 24.8 Å². The smallest absolute Gasteiger partial charge is 0.229 e. The molecular weight excluding hydrogens is 385 g/mol. The van der Waals surface area contributed by atoms with E-state index in [1.54, 1.807) is 0 Å². The van der Waals surface area contributed by atoms with E-state index in [-0.39, 0.29) is 29.6 Å². The molecule has 1 aromatic rings. The number of aromatic nitrogens is 2. The highest BCUT2D eigenvalue weighted by Gasteiger charge is 2.36. The minimum atomic E-state index is -0.424. The lowest BCUT2D eigenvalue weighted by atomic mass is 9.82. The van der Waals surface area contributed by atoms with Gasteiger partial charge in [0.15, 0.2) is 5.82 Å². The van der Waals surface area contributed by atoms with Crippen LogP contribution in [0.1, 0.15) is 39.5 Å². The van der Waals surface area contributed by atoms with Crippen LogP contribution in [-0.2, 0) is 9.59 Å². The lowest BCUT2D eigenvalue weighted by Crippen LogP contribution is -2.48. The molecule has 0 aromatic carbocycles. The summed E-state index contributed by atoms with van der Waals surface area (Å²) in [5.41, 5.74) is -0.210. The molecule has 2 amide bonds. The number of amides is 2.